The van der Waals surface area contributed by atoms with Crippen molar-refractivity contribution in [2.75, 3.05) is 36.5 Å². The van der Waals surface area contributed by atoms with Crippen molar-refractivity contribution in [1.82, 2.24) is 10.3 Å². The second-order valence-electron chi connectivity index (χ2n) is 7.70. The first kappa shape index (κ1) is 16.6. The van der Waals surface area contributed by atoms with Crippen LogP contribution in [-0.2, 0) is 4.74 Å². The predicted molar refractivity (Wildman–Crippen MR) is 97.8 cm³/mol. The summed E-state index contributed by atoms with van der Waals surface area (Å²) in [7, 11) is 0. The fourth-order valence-corrected chi connectivity index (χ4v) is 4.90. The molecule has 2 bridgehead atoms. The van der Waals surface area contributed by atoms with E-state index in [2.05, 4.69) is 27.4 Å². The van der Waals surface area contributed by atoms with Crippen molar-refractivity contribution >= 4 is 17.5 Å². The van der Waals surface area contributed by atoms with Gasteiger partial charge in [0.25, 0.3) is 0 Å². The SMILES string of the molecule is C[C@@H](NC(=O)Nc1cccnc1N1CCOCC1)[C@@H]1C[C@H]2CC[C@H]1C2. The van der Waals surface area contributed by atoms with Gasteiger partial charge in [-0.3, -0.25) is 0 Å². The minimum Gasteiger partial charge on any atom is -0.378 e. The summed E-state index contributed by atoms with van der Waals surface area (Å²) in [5.74, 6) is 3.17. The van der Waals surface area contributed by atoms with Gasteiger partial charge in [-0.25, -0.2) is 9.78 Å². The molecule has 3 fully saturated rings. The van der Waals surface area contributed by atoms with Crippen LogP contribution in [0.1, 0.15) is 32.6 Å². The largest absolute Gasteiger partial charge is 0.378 e. The normalized spacial score (nSPS) is 29.5. The Morgan fingerprint density at radius 3 is 2.88 bits per heavy atom. The van der Waals surface area contributed by atoms with Gasteiger partial charge in [-0.2, -0.15) is 0 Å². The number of pyridine rings is 1. The number of ether oxygens (including phenoxy) is 1. The highest BCUT2D eigenvalue weighted by molar-refractivity contribution is 5.92. The van der Waals surface area contributed by atoms with E-state index >= 15 is 0 Å². The number of hydrogen-bond donors (Lipinski definition) is 2. The lowest BCUT2D eigenvalue weighted by molar-refractivity contribution is 0.122. The molecule has 0 aromatic carbocycles. The van der Waals surface area contributed by atoms with Gasteiger partial charge in [-0.1, -0.05) is 6.42 Å². The second kappa shape index (κ2) is 7.20. The van der Waals surface area contributed by atoms with Gasteiger partial charge in [-0.05, 0) is 56.1 Å². The molecule has 0 spiro atoms. The summed E-state index contributed by atoms with van der Waals surface area (Å²) in [5.41, 5.74) is 0.766. The van der Waals surface area contributed by atoms with E-state index in [0.29, 0.717) is 19.1 Å². The standard InChI is InChI=1S/C19H28N4O2/c1-13(16-12-14-4-5-15(16)11-14)21-19(24)22-17-3-2-6-20-18(17)23-7-9-25-10-8-23/h2-3,6,13-16H,4-5,7-12H2,1H3,(H2,21,22,24)/t13-,14+,15+,16+/m1/s1. The second-order valence-corrected chi connectivity index (χ2v) is 7.70. The van der Waals surface area contributed by atoms with Crippen LogP contribution in [-0.4, -0.2) is 43.4 Å². The predicted octanol–water partition coefficient (Wildman–Crippen LogP) is 2.86. The Balaban J connectivity index is 1.37. The molecule has 6 nitrogen and oxygen atoms in total. The molecule has 4 atom stereocenters. The molecule has 2 heterocycles. The molecule has 2 amide bonds. The van der Waals surface area contributed by atoms with Crippen LogP contribution in [0, 0.1) is 17.8 Å². The molecule has 3 aliphatic rings. The van der Waals surface area contributed by atoms with Crippen molar-refractivity contribution in [2.45, 2.75) is 38.6 Å². The molecule has 1 aliphatic heterocycles. The third kappa shape index (κ3) is 3.59. The maximum atomic E-state index is 12.5. The molecule has 1 aromatic heterocycles. The Hall–Kier alpha value is -1.82. The average Bonchev–Trinajstić information content (AvgIpc) is 3.26. The van der Waals surface area contributed by atoms with E-state index in [-0.39, 0.29) is 12.1 Å². The molecule has 6 heteroatoms. The zero-order valence-electron chi connectivity index (χ0n) is 14.9. The maximum Gasteiger partial charge on any atom is 0.319 e. The van der Waals surface area contributed by atoms with Gasteiger partial charge >= 0.3 is 6.03 Å². The molecule has 2 saturated carbocycles. The lowest BCUT2D eigenvalue weighted by Crippen LogP contribution is -2.43. The maximum absolute atomic E-state index is 12.5. The topological polar surface area (TPSA) is 66.5 Å². The Bertz CT molecular complexity index is 617. The van der Waals surface area contributed by atoms with Crippen LogP contribution in [0.15, 0.2) is 18.3 Å². The first-order chi connectivity index (χ1) is 12.2. The number of anilines is 2. The lowest BCUT2D eigenvalue weighted by atomic mass is 9.84. The Morgan fingerprint density at radius 2 is 2.16 bits per heavy atom. The monoisotopic (exact) mass is 344 g/mol. The van der Waals surface area contributed by atoms with Gasteiger partial charge in [0.1, 0.15) is 0 Å². The van der Waals surface area contributed by atoms with Crippen molar-refractivity contribution in [1.29, 1.82) is 0 Å². The molecular weight excluding hydrogens is 316 g/mol. The fourth-order valence-electron chi connectivity index (χ4n) is 4.90. The number of morpholine rings is 1. The van der Waals surface area contributed by atoms with E-state index < -0.39 is 0 Å². The van der Waals surface area contributed by atoms with Gasteiger partial charge in [-0.15, -0.1) is 0 Å². The van der Waals surface area contributed by atoms with Crippen LogP contribution >= 0.6 is 0 Å². The Labute approximate surface area is 149 Å². The van der Waals surface area contributed by atoms with Crippen LogP contribution in [0.5, 0.6) is 0 Å². The van der Waals surface area contributed by atoms with E-state index in [9.17, 15) is 4.79 Å². The average molecular weight is 344 g/mol. The minimum atomic E-state index is -0.127. The van der Waals surface area contributed by atoms with Gasteiger partial charge in [0.05, 0.1) is 18.9 Å². The highest BCUT2D eigenvalue weighted by Crippen LogP contribution is 2.49. The summed E-state index contributed by atoms with van der Waals surface area (Å²) in [6, 6.07) is 3.87. The van der Waals surface area contributed by atoms with E-state index in [1.54, 1.807) is 6.20 Å². The van der Waals surface area contributed by atoms with Crippen LogP contribution in [0.3, 0.4) is 0 Å². The van der Waals surface area contributed by atoms with Gasteiger partial charge in [0, 0.05) is 25.3 Å². The number of hydrogen-bond acceptors (Lipinski definition) is 4. The van der Waals surface area contributed by atoms with Crippen LogP contribution in [0.25, 0.3) is 0 Å². The molecule has 25 heavy (non-hydrogen) atoms. The number of urea groups is 1. The summed E-state index contributed by atoms with van der Waals surface area (Å²) in [5, 5.41) is 6.18. The number of carbonyl (C=O) groups excluding carboxylic acids is 1. The summed E-state index contributed by atoms with van der Waals surface area (Å²) >= 11 is 0. The van der Waals surface area contributed by atoms with Crippen LogP contribution in [0.4, 0.5) is 16.3 Å². The molecule has 4 rings (SSSR count). The number of carbonyl (C=O) groups is 1. The number of amides is 2. The minimum absolute atomic E-state index is 0.127. The molecule has 2 aliphatic carbocycles. The molecule has 136 valence electrons. The molecule has 1 aromatic rings. The van der Waals surface area contributed by atoms with Crippen LogP contribution < -0.4 is 15.5 Å². The van der Waals surface area contributed by atoms with E-state index in [0.717, 1.165) is 36.4 Å². The molecule has 0 radical (unpaired) electrons. The van der Waals surface area contributed by atoms with E-state index in [1.165, 1.54) is 25.7 Å². The number of nitrogens with zero attached hydrogens (tertiary/aromatic N) is 2. The number of rotatable bonds is 4. The molecule has 2 N–H and O–H groups in total. The van der Waals surface area contributed by atoms with Gasteiger partial charge in [0.2, 0.25) is 0 Å². The van der Waals surface area contributed by atoms with Crippen LogP contribution in [0.2, 0.25) is 0 Å². The molecular formula is C19H28N4O2. The number of aromatic nitrogens is 1. The third-order valence-corrected chi connectivity index (χ3v) is 6.14. The molecule has 1 saturated heterocycles. The Morgan fingerprint density at radius 1 is 1.32 bits per heavy atom. The summed E-state index contributed by atoms with van der Waals surface area (Å²) in [6.45, 7) is 5.15. The summed E-state index contributed by atoms with van der Waals surface area (Å²) < 4.78 is 5.41. The molecule has 0 unspecified atom stereocenters. The van der Waals surface area contributed by atoms with Gasteiger partial charge < -0.3 is 20.3 Å². The quantitative estimate of drug-likeness (QED) is 0.881. The van der Waals surface area contributed by atoms with Crippen molar-refractivity contribution in [3.8, 4) is 0 Å². The summed E-state index contributed by atoms with van der Waals surface area (Å²) in [4.78, 5) is 19.2. The first-order valence-corrected chi connectivity index (χ1v) is 9.56. The van der Waals surface area contributed by atoms with Crippen molar-refractivity contribution in [3.63, 3.8) is 0 Å². The zero-order chi connectivity index (χ0) is 17.2. The van der Waals surface area contributed by atoms with E-state index in [4.69, 9.17) is 4.74 Å². The number of nitrogens with one attached hydrogen (secondary N) is 2. The zero-order valence-corrected chi connectivity index (χ0v) is 14.9. The fraction of sp³-hybridized carbons (Fsp3) is 0.684. The third-order valence-electron chi connectivity index (χ3n) is 6.14. The first-order valence-electron chi connectivity index (χ1n) is 9.56. The van der Waals surface area contributed by atoms with Crippen molar-refractivity contribution in [3.05, 3.63) is 18.3 Å². The number of fused-ring (bicyclic) bond motifs is 2. The van der Waals surface area contributed by atoms with Crippen molar-refractivity contribution in [2.24, 2.45) is 17.8 Å². The smallest absolute Gasteiger partial charge is 0.319 e. The Kier molecular flexibility index (Phi) is 4.79. The highest BCUT2D eigenvalue weighted by Gasteiger charge is 2.42. The lowest BCUT2D eigenvalue weighted by Gasteiger charge is -2.30. The summed E-state index contributed by atoms with van der Waals surface area (Å²) in [6.07, 6.45) is 7.14. The van der Waals surface area contributed by atoms with E-state index in [1.807, 2.05) is 12.1 Å². The van der Waals surface area contributed by atoms with Gasteiger partial charge in [0.15, 0.2) is 5.82 Å². The highest BCUT2D eigenvalue weighted by atomic mass is 16.5. The van der Waals surface area contributed by atoms with Crippen molar-refractivity contribution < 1.29 is 9.53 Å².